The van der Waals surface area contributed by atoms with E-state index in [1.165, 1.54) is 11.2 Å². The van der Waals surface area contributed by atoms with E-state index in [9.17, 15) is 19.2 Å². The fraction of sp³-hybridized carbons (Fsp3) is 0.462. The maximum Gasteiger partial charge on any atom is 0.289 e. The summed E-state index contributed by atoms with van der Waals surface area (Å²) >= 11 is 0. The van der Waals surface area contributed by atoms with Gasteiger partial charge in [0.15, 0.2) is 5.76 Å². The number of hydrogen-bond donors (Lipinski definition) is 0. The summed E-state index contributed by atoms with van der Waals surface area (Å²) in [5.74, 6) is -0.105. The average molecular weight is 477 g/mol. The van der Waals surface area contributed by atoms with Crippen molar-refractivity contribution >= 4 is 29.3 Å². The van der Waals surface area contributed by atoms with Gasteiger partial charge in [-0.15, -0.1) is 0 Å². The summed E-state index contributed by atoms with van der Waals surface area (Å²) in [6, 6.07) is 8.90. The van der Waals surface area contributed by atoms with Crippen molar-refractivity contribution in [1.29, 1.82) is 0 Å². The van der Waals surface area contributed by atoms with E-state index in [1.807, 2.05) is 17.0 Å². The van der Waals surface area contributed by atoms with Crippen molar-refractivity contribution in [3.63, 3.8) is 0 Å². The maximum absolute atomic E-state index is 13.2. The molecule has 0 spiro atoms. The number of piperidine rings is 1. The third-order valence-corrected chi connectivity index (χ3v) is 7.63. The van der Waals surface area contributed by atoms with Gasteiger partial charge in [-0.2, -0.15) is 0 Å². The van der Waals surface area contributed by atoms with E-state index in [0.29, 0.717) is 69.0 Å². The topological polar surface area (TPSA) is 94.4 Å². The van der Waals surface area contributed by atoms with Gasteiger partial charge in [0.25, 0.3) is 17.7 Å². The number of furan rings is 1. The minimum Gasteiger partial charge on any atom is -0.459 e. The van der Waals surface area contributed by atoms with Crippen molar-refractivity contribution < 1.29 is 23.6 Å². The first-order valence-electron chi connectivity index (χ1n) is 12.4. The fourth-order valence-corrected chi connectivity index (χ4v) is 5.53. The van der Waals surface area contributed by atoms with E-state index in [2.05, 4.69) is 4.90 Å². The Labute approximate surface area is 203 Å². The summed E-state index contributed by atoms with van der Waals surface area (Å²) in [6.07, 6.45) is 4.66. The first-order chi connectivity index (χ1) is 17.0. The molecule has 9 heteroatoms. The second-order valence-electron chi connectivity index (χ2n) is 9.77. The highest BCUT2D eigenvalue weighted by atomic mass is 16.3. The Bertz CT molecular complexity index is 1170. The number of amides is 4. The summed E-state index contributed by atoms with van der Waals surface area (Å²) < 4.78 is 5.21. The van der Waals surface area contributed by atoms with Crippen LogP contribution in [0.1, 0.15) is 57.0 Å². The minimum absolute atomic E-state index is 0.0495. The summed E-state index contributed by atoms with van der Waals surface area (Å²) in [6.45, 7) is 3.35. The number of anilines is 1. The van der Waals surface area contributed by atoms with E-state index in [4.69, 9.17) is 4.42 Å². The molecule has 1 aromatic heterocycles. The molecule has 182 valence electrons. The molecule has 1 saturated carbocycles. The maximum atomic E-state index is 13.2. The number of rotatable bonds is 4. The lowest BCUT2D eigenvalue weighted by atomic mass is 9.93. The fourth-order valence-electron chi connectivity index (χ4n) is 5.53. The summed E-state index contributed by atoms with van der Waals surface area (Å²) in [7, 11) is 0. The highest BCUT2D eigenvalue weighted by Gasteiger charge is 2.46. The molecule has 0 unspecified atom stereocenters. The lowest BCUT2D eigenvalue weighted by molar-refractivity contribution is -0.137. The number of benzene rings is 1. The molecular formula is C26H28N4O5. The molecule has 35 heavy (non-hydrogen) atoms. The van der Waals surface area contributed by atoms with Crippen LogP contribution in [0.25, 0.3) is 0 Å². The van der Waals surface area contributed by atoms with Crippen LogP contribution in [0.2, 0.25) is 0 Å². The van der Waals surface area contributed by atoms with Crippen LogP contribution in [0.5, 0.6) is 0 Å². The number of fused-ring (bicyclic) bond motifs is 1. The molecular weight excluding hydrogens is 448 g/mol. The number of carbonyl (C=O) groups is 4. The lowest BCUT2D eigenvalue weighted by Crippen LogP contribution is -2.53. The molecule has 0 bridgehead atoms. The van der Waals surface area contributed by atoms with Crippen LogP contribution in [-0.4, -0.2) is 83.6 Å². The molecule has 0 N–H and O–H groups in total. The molecule has 0 atom stereocenters. The molecule has 4 heterocycles. The van der Waals surface area contributed by atoms with Gasteiger partial charge in [-0.05, 0) is 49.9 Å². The van der Waals surface area contributed by atoms with Crippen molar-refractivity contribution in [2.75, 3.05) is 44.2 Å². The lowest BCUT2D eigenvalue weighted by Gasteiger charge is -2.39. The van der Waals surface area contributed by atoms with Crippen molar-refractivity contribution in [2.45, 2.75) is 31.7 Å². The number of hydrogen-bond acceptors (Lipinski definition) is 6. The van der Waals surface area contributed by atoms with Crippen molar-refractivity contribution in [3.8, 4) is 0 Å². The first kappa shape index (κ1) is 21.9. The van der Waals surface area contributed by atoms with E-state index in [0.717, 1.165) is 18.5 Å². The highest BCUT2D eigenvalue weighted by molar-refractivity contribution is 6.24. The predicted molar refractivity (Wildman–Crippen MR) is 126 cm³/mol. The van der Waals surface area contributed by atoms with Crippen LogP contribution in [-0.2, 0) is 4.79 Å². The molecule has 4 aliphatic rings. The molecule has 4 amide bonds. The number of nitrogens with zero attached hydrogens (tertiary/aromatic N) is 4. The molecule has 2 aromatic rings. The van der Waals surface area contributed by atoms with Crippen LogP contribution in [0.4, 0.5) is 5.69 Å². The van der Waals surface area contributed by atoms with Gasteiger partial charge >= 0.3 is 0 Å². The van der Waals surface area contributed by atoms with Gasteiger partial charge in [-0.3, -0.25) is 24.1 Å². The molecule has 1 aliphatic carbocycles. The molecule has 0 radical (unpaired) electrons. The first-order valence-corrected chi connectivity index (χ1v) is 12.4. The SMILES string of the molecule is O=C(c1ccco1)N1CCN(C(=O)C2CCN(c3cccc4c3C(=O)N(C3CC3)C4=O)CC2)CC1. The molecule has 6 rings (SSSR count). The average Bonchev–Trinajstić information content (AvgIpc) is 3.50. The molecule has 1 aromatic carbocycles. The van der Waals surface area contributed by atoms with Gasteiger partial charge in [-0.25, -0.2) is 0 Å². The third-order valence-electron chi connectivity index (χ3n) is 7.63. The molecule has 3 fully saturated rings. The molecule has 9 nitrogen and oxygen atoms in total. The van der Waals surface area contributed by atoms with E-state index in [1.54, 1.807) is 23.1 Å². The summed E-state index contributed by atoms with van der Waals surface area (Å²) in [4.78, 5) is 58.7. The van der Waals surface area contributed by atoms with Crippen LogP contribution in [0.3, 0.4) is 0 Å². The molecule has 3 aliphatic heterocycles. The third kappa shape index (κ3) is 3.79. The zero-order chi connectivity index (χ0) is 24.1. The Morgan fingerprint density at radius 3 is 2.17 bits per heavy atom. The number of imide groups is 1. The molecule has 2 saturated heterocycles. The van der Waals surface area contributed by atoms with E-state index < -0.39 is 0 Å². The van der Waals surface area contributed by atoms with Gasteiger partial charge in [0.1, 0.15) is 0 Å². The summed E-state index contributed by atoms with van der Waals surface area (Å²) in [5.41, 5.74) is 1.83. The Hall–Kier alpha value is -3.62. The van der Waals surface area contributed by atoms with Crippen LogP contribution in [0.15, 0.2) is 41.0 Å². The van der Waals surface area contributed by atoms with Crippen molar-refractivity contribution in [1.82, 2.24) is 14.7 Å². The van der Waals surface area contributed by atoms with Crippen molar-refractivity contribution in [3.05, 3.63) is 53.5 Å². The Kier molecular flexibility index (Phi) is 5.35. The van der Waals surface area contributed by atoms with Gasteiger partial charge in [0.2, 0.25) is 5.91 Å². The van der Waals surface area contributed by atoms with Gasteiger partial charge in [0, 0.05) is 51.2 Å². The van der Waals surface area contributed by atoms with Crippen molar-refractivity contribution in [2.24, 2.45) is 5.92 Å². The zero-order valence-corrected chi connectivity index (χ0v) is 19.5. The largest absolute Gasteiger partial charge is 0.459 e. The van der Waals surface area contributed by atoms with E-state index in [-0.39, 0.29) is 35.6 Å². The summed E-state index contributed by atoms with van der Waals surface area (Å²) in [5, 5.41) is 0. The van der Waals surface area contributed by atoms with Gasteiger partial charge in [0.05, 0.1) is 23.1 Å². The monoisotopic (exact) mass is 476 g/mol. The Morgan fingerprint density at radius 2 is 1.51 bits per heavy atom. The van der Waals surface area contributed by atoms with Crippen LogP contribution < -0.4 is 4.90 Å². The normalized spacial score (nSPS) is 21.0. The smallest absolute Gasteiger partial charge is 0.289 e. The second-order valence-corrected chi connectivity index (χ2v) is 9.77. The standard InChI is InChI=1S/C26H28N4O5/c31-23(28-12-14-29(15-13-28)25(33)21-5-2-16-35-21)17-8-10-27(11-9-17)20-4-1-3-19-22(20)26(34)30(24(19)32)18-6-7-18/h1-5,16-18H,6-15H2. The zero-order valence-electron chi connectivity index (χ0n) is 19.5. The highest BCUT2D eigenvalue weighted by Crippen LogP contribution is 2.39. The second kappa shape index (κ2) is 8.55. The van der Waals surface area contributed by atoms with E-state index >= 15 is 0 Å². The minimum atomic E-state index is -0.178. The quantitative estimate of drug-likeness (QED) is 0.629. The van der Waals surface area contributed by atoms with Crippen LogP contribution >= 0.6 is 0 Å². The number of piperazine rings is 1. The predicted octanol–water partition coefficient (Wildman–Crippen LogP) is 2.24. The number of carbonyl (C=O) groups excluding carboxylic acids is 4. The van der Waals surface area contributed by atoms with Gasteiger partial charge in [-0.1, -0.05) is 6.07 Å². The Balaban J connectivity index is 1.07. The van der Waals surface area contributed by atoms with Gasteiger partial charge < -0.3 is 19.1 Å². The van der Waals surface area contributed by atoms with Crippen LogP contribution in [0, 0.1) is 5.92 Å². The Morgan fingerprint density at radius 1 is 0.800 bits per heavy atom.